The smallest absolute Gasteiger partial charge is 0.320 e. The maximum atomic E-state index is 13.4. The third kappa shape index (κ3) is 3.23. The van der Waals surface area contributed by atoms with Gasteiger partial charge in [-0.1, -0.05) is 12.1 Å². The fourth-order valence-electron chi connectivity index (χ4n) is 2.21. The van der Waals surface area contributed by atoms with E-state index in [1.165, 1.54) is 17.8 Å². The molecule has 1 fully saturated rings. The largest absolute Gasteiger partial charge is 0.480 e. The molecular formula is C13H16FNO2S. The molecule has 1 aliphatic rings. The fraction of sp³-hybridized carbons (Fsp3) is 0.462. The number of hydrogen-bond donors (Lipinski definition) is 1. The minimum Gasteiger partial charge on any atom is -0.480 e. The van der Waals surface area contributed by atoms with Gasteiger partial charge in [0.25, 0.3) is 0 Å². The Morgan fingerprint density at radius 2 is 2.28 bits per heavy atom. The molecule has 1 atom stereocenters. The predicted octanol–water partition coefficient (Wildman–Crippen LogP) is 2.47. The summed E-state index contributed by atoms with van der Waals surface area (Å²) in [6.45, 7) is 1.52. The molecule has 1 heterocycles. The van der Waals surface area contributed by atoms with Crippen LogP contribution < -0.4 is 0 Å². The van der Waals surface area contributed by atoms with Gasteiger partial charge >= 0.3 is 5.97 Å². The van der Waals surface area contributed by atoms with E-state index in [0.29, 0.717) is 17.2 Å². The second-order valence-corrected chi connectivity index (χ2v) is 5.45. The summed E-state index contributed by atoms with van der Waals surface area (Å²) in [4.78, 5) is 13.6. The lowest BCUT2D eigenvalue weighted by atomic mass is 10.2. The second-order valence-electron chi connectivity index (χ2n) is 4.31. The number of rotatable bonds is 5. The van der Waals surface area contributed by atoms with Crippen molar-refractivity contribution in [2.24, 2.45) is 0 Å². The minimum atomic E-state index is -0.747. The van der Waals surface area contributed by atoms with Crippen LogP contribution in [-0.4, -0.2) is 40.9 Å². The van der Waals surface area contributed by atoms with Crippen molar-refractivity contribution in [3.8, 4) is 0 Å². The molecule has 18 heavy (non-hydrogen) atoms. The van der Waals surface area contributed by atoms with Gasteiger partial charge in [-0.2, -0.15) is 0 Å². The molecule has 1 aliphatic heterocycles. The Morgan fingerprint density at radius 3 is 3.00 bits per heavy atom. The van der Waals surface area contributed by atoms with Crippen molar-refractivity contribution in [3.63, 3.8) is 0 Å². The third-order valence-corrected chi connectivity index (χ3v) is 4.15. The maximum absolute atomic E-state index is 13.4. The Bertz CT molecular complexity index is 427. The molecule has 3 nitrogen and oxygen atoms in total. The first-order chi connectivity index (χ1) is 8.68. The Labute approximate surface area is 110 Å². The van der Waals surface area contributed by atoms with Crippen LogP contribution in [0.25, 0.3) is 0 Å². The SMILES string of the molecule is O=C(O)C1CCCN1CCSc1ccccc1F. The number of aliphatic carboxylic acids is 1. The number of carbonyl (C=O) groups is 1. The zero-order valence-corrected chi connectivity index (χ0v) is 10.8. The molecule has 0 saturated carbocycles. The Kier molecular flexibility index (Phi) is 4.60. The topological polar surface area (TPSA) is 40.5 Å². The quantitative estimate of drug-likeness (QED) is 0.834. The number of carboxylic acid groups (broad SMARTS) is 1. The lowest BCUT2D eigenvalue weighted by molar-refractivity contribution is -0.142. The van der Waals surface area contributed by atoms with Crippen LogP contribution in [0.4, 0.5) is 4.39 Å². The highest BCUT2D eigenvalue weighted by Crippen LogP contribution is 2.23. The molecule has 1 N–H and O–H groups in total. The summed E-state index contributed by atoms with van der Waals surface area (Å²) in [5.74, 6) is -0.243. The predicted molar refractivity (Wildman–Crippen MR) is 69.4 cm³/mol. The number of nitrogens with zero attached hydrogens (tertiary/aromatic N) is 1. The van der Waals surface area contributed by atoms with E-state index in [1.54, 1.807) is 18.2 Å². The van der Waals surface area contributed by atoms with E-state index < -0.39 is 5.97 Å². The van der Waals surface area contributed by atoms with E-state index in [2.05, 4.69) is 0 Å². The number of carboxylic acids is 1. The zero-order chi connectivity index (χ0) is 13.0. The molecule has 0 aromatic heterocycles. The van der Waals surface area contributed by atoms with Gasteiger partial charge in [-0.15, -0.1) is 11.8 Å². The van der Waals surface area contributed by atoms with Crippen molar-refractivity contribution in [1.82, 2.24) is 4.90 Å². The number of thioether (sulfide) groups is 1. The minimum absolute atomic E-state index is 0.210. The molecule has 5 heteroatoms. The van der Waals surface area contributed by atoms with Crippen molar-refractivity contribution >= 4 is 17.7 Å². The lowest BCUT2D eigenvalue weighted by Gasteiger charge is -2.20. The van der Waals surface area contributed by atoms with Gasteiger partial charge in [-0.25, -0.2) is 4.39 Å². The molecule has 0 amide bonds. The van der Waals surface area contributed by atoms with Crippen LogP contribution in [0.3, 0.4) is 0 Å². The average Bonchev–Trinajstić information content (AvgIpc) is 2.80. The molecule has 1 unspecified atom stereocenters. The molecule has 98 valence electrons. The van der Waals surface area contributed by atoms with Crippen molar-refractivity contribution in [1.29, 1.82) is 0 Å². The van der Waals surface area contributed by atoms with Gasteiger partial charge in [0.05, 0.1) is 0 Å². The molecule has 1 aromatic rings. The van der Waals surface area contributed by atoms with Gasteiger partial charge in [0.2, 0.25) is 0 Å². The first kappa shape index (κ1) is 13.4. The molecule has 1 aromatic carbocycles. The van der Waals surface area contributed by atoms with E-state index in [0.717, 1.165) is 19.4 Å². The van der Waals surface area contributed by atoms with Crippen LogP contribution in [-0.2, 0) is 4.79 Å². The fourth-order valence-corrected chi connectivity index (χ4v) is 3.13. The summed E-state index contributed by atoms with van der Waals surface area (Å²) in [5.41, 5.74) is 0. The summed E-state index contributed by atoms with van der Waals surface area (Å²) in [7, 11) is 0. The van der Waals surface area contributed by atoms with Crippen LogP contribution in [0.5, 0.6) is 0 Å². The summed E-state index contributed by atoms with van der Waals surface area (Å²) in [6, 6.07) is 6.31. The van der Waals surface area contributed by atoms with Gasteiger partial charge < -0.3 is 5.11 Å². The monoisotopic (exact) mass is 269 g/mol. The number of halogens is 1. The van der Waals surface area contributed by atoms with E-state index in [4.69, 9.17) is 5.11 Å². The van der Waals surface area contributed by atoms with Crippen LogP contribution >= 0.6 is 11.8 Å². The summed E-state index contributed by atoms with van der Waals surface area (Å²) < 4.78 is 13.4. The van der Waals surface area contributed by atoms with Crippen LogP contribution in [0.15, 0.2) is 29.2 Å². The van der Waals surface area contributed by atoms with Crippen molar-refractivity contribution in [2.75, 3.05) is 18.8 Å². The summed E-state index contributed by atoms with van der Waals surface area (Å²) >= 11 is 1.44. The molecule has 0 bridgehead atoms. The van der Waals surface area contributed by atoms with E-state index >= 15 is 0 Å². The van der Waals surface area contributed by atoms with Gasteiger partial charge in [-0.05, 0) is 31.5 Å². The Balaban J connectivity index is 1.82. The zero-order valence-electron chi connectivity index (χ0n) is 10.0. The average molecular weight is 269 g/mol. The Hall–Kier alpha value is -1.07. The third-order valence-electron chi connectivity index (χ3n) is 3.12. The van der Waals surface area contributed by atoms with Gasteiger partial charge in [0.1, 0.15) is 11.9 Å². The van der Waals surface area contributed by atoms with Gasteiger partial charge in [-0.3, -0.25) is 9.69 Å². The van der Waals surface area contributed by atoms with Crippen molar-refractivity contribution < 1.29 is 14.3 Å². The van der Waals surface area contributed by atoms with Crippen LogP contribution in [0.2, 0.25) is 0 Å². The standard InChI is InChI=1S/C13H16FNO2S/c14-10-4-1-2-6-12(10)18-9-8-15-7-3-5-11(15)13(16)17/h1-2,4,6,11H,3,5,7-9H2,(H,16,17). The molecular weight excluding hydrogens is 253 g/mol. The van der Waals surface area contributed by atoms with Crippen LogP contribution in [0.1, 0.15) is 12.8 Å². The molecule has 0 radical (unpaired) electrons. The first-order valence-electron chi connectivity index (χ1n) is 6.02. The van der Waals surface area contributed by atoms with Crippen molar-refractivity contribution in [2.45, 2.75) is 23.8 Å². The van der Waals surface area contributed by atoms with E-state index in [9.17, 15) is 9.18 Å². The second kappa shape index (κ2) is 6.20. The summed E-state index contributed by atoms with van der Waals surface area (Å²) in [5, 5.41) is 9.04. The van der Waals surface area contributed by atoms with Crippen LogP contribution in [0, 0.1) is 5.82 Å². The van der Waals surface area contributed by atoms with E-state index in [-0.39, 0.29) is 11.9 Å². The number of hydrogen-bond acceptors (Lipinski definition) is 3. The molecule has 0 spiro atoms. The summed E-state index contributed by atoms with van der Waals surface area (Å²) in [6.07, 6.45) is 1.65. The number of benzene rings is 1. The Morgan fingerprint density at radius 1 is 1.50 bits per heavy atom. The van der Waals surface area contributed by atoms with Gasteiger partial charge in [0.15, 0.2) is 0 Å². The lowest BCUT2D eigenvalue weighted by Crippen LogP contribution is -2.37. The van der Waals surface area contributed by atoms with Gasteiger partial charge in [0, 0.05) is 17.2 Å². The normalized spacial score (nSPS) is 20.2. The molecule has 2 rings (SSSR count). The molecule has 0 aliphatic carbocycles. The number of likely N-dealkylation sites (tertiary alicyclic amines) is 1. The highest BCUT2D eigenvalue weighted by molar-refractivity contribution is 7.99. The van der Waals surface area contributed by atoms with Crippen molar-refractivity contribution in [3.05, 3.63) is 30.1 Å². The highest BCUT2D eigenvalue weighted by Gasteiger charge is 2.29. The first-order valence-corrected chi connectivity index (χ1v) is 7.01. The van der Waals surface area contributed by atoms with E-state index in [1.807, 2.05) is 4.90 Å². The maximum Gasteiger partial charge on any atom is 0.320 e. The highest BCUT2D eigenvalue weighted by atomic mass is 32.2. The molecule has 1 saturated heterocycles.